The zero-order chi connectivity index (χ0) is 18.0. The molecular formula is C17H25N3O4. The standard InChI is InChI=1S/C17H25N3O4/c1-10(2)20(12-5-4-6-19(9-12)17(23)24)16(22)13-8-14(18)15(21)7-11(13)3/h7-8,10,12,21H,4-6,9,18H2,1-3H3,(H,23,24)/t12-/m1/s1. The lowest BCUT2D eigenvalue weighted by Crippen LogP contribution is -2.53. The lowest BCUT2D eigenvalue weighted by molar-refractivity contribution is 0.0449. The third kappa shape index (κ3) is 3.55. The molecule has 1 fully saturated rings. The van der Waals surface area contributed by atoms with Crippen LogP contribution in [-0.4, -0.2) is 57.2 Å². The summed E-state index contributed by atoms with van der Waals surface area (Å²) in [6.45, 7) is 6.38. The van der Waals surface area contributed by atoms with Gasteiger partial charge in [-0.05, 0) is 51.3 Å². The van der Waals surface area contributed by atoms with E-state index >= 15 is 0 Å². The number of benzene rings is 1. The molecule has 132 valence electrons. The number of anilines is 1. The summed E-state index contributed by atoms with van der Waals surface area (Å²) < 4.78 is 0. The van der Waals surface area contributed by atoms with Crippen LogP contribution in [0.2, 0.25) is 0 Å². The van der Waals surface area contributed by atoms with E-state index in [1.807, 2.05) is 13.8 Å². The number of amides is 2. The molecule has 0 saturated carbocycles. The van der Waals surface area contributed by atoms with E-state index in [4.69, 9.17) is 5.73 Å². The third-order valence-corrected chi connectivity index (χ3v) is 4.46. The van der Waals surface area contributed by atoms with Gasteiger partial charge in [0.1, 0.15) is 5.75 Å². The molecule has 4 N–H and O–H groups in total. The molecular weight excluding hydrogens is 310 g/mol. The van der Waals surface area contributed by atoms with Gasteiger partial charge in [0.15, 0.2) is 0 Å². The highest BCUT2D eigenvalue weighted by molar-refractivity contribution is 5.97. The highest BCUT2D eigenvalue weighted by Crippen LogP contribution is 2.27. The Labute approximate surface area is 141 Å². The fraction of sp³-hybridized carbons (Fsp3) is 0.529. The van der Waals surface area contributed by atoms with Crippen LogP contribution in [0.1, 0.15) is 42.6 Å². The first-order valence-corrected chi connectivity index (χ1v) is 8.12. The van der Waals surface area contributed by atoms with Crippen molar-refractivity contribution in [3.8, 4) is 5.75 Å². The van der Waals surface area contributed by atoms with E-state index in [0.29, 0.717) is 24.2 Å². The van der Waals surface area contributed by atoms with E-state index < -0.39 is 6.09 Å². The number of rotatable bonds is 3. The third-order valence-electron chi connectivity index (χ3n) is 4.46. The topological polar surface area (TPSA) is 107 Å². The van der Waals surface area contributed by atoms with Crippen LogP contribution in [0.3, 0.4) is 0 Å². The number of likely N-dealkylation sites (tertiary alicyclic amines) is 1. The highest BCUT2D eigenvalue weighted by atomic mass is 16.4. The van der Waals surface area contributed by atoms with Gasteiger partial charge in [-0.15, -0.1) is 0 Å². The number of phenolic OH excluding ortho intramolecular Hbond substituents is 1. The summed E-state index contributed by atoms with van der Waals surface area (Å²) in [5.74, 6) is -0.235. The normalized spacial score (nSPS) is 17.8. The zero-order valence-electron chi connectivity index (χ0n) is 14.3. The fourth-order valence-electron chi connectivity index (χ4n) is 3.26. The average molecular weight is 335 g/mol. The van der Waals surface area contributed by atoms with E-state index in [1.54, 1.807) is 11.8 Å². The van der Waals surface area contributed by atoms with E-state index in [1.165, 1.54) is 17.0 Å². The van der Waals surface area contributed by atoms with Gasteiger partial charge in [-0.2, -0.15) is 0 Å². The molecule has 24 heavy (non-hydrogen) atoms. The van der Waals surface area contributed by atoms with Crippen molar-refractivity contribution in [3.63, 3.8) is 0 Å². The van der Waals surface area contributed by atoms with Crippen molar-refractivity contribution in [1.29, 1.82) is 0 Å². The van der Waals surface area contributed by atoms with E-state index in [9.17, 15) is 19.8 Å². The number of phenols is 1. The number of aryl methyl sites for hydroxylation is 1. The number of hydrogen-bond donors (Lipinski definition) is 3. The van der Waals surface area contributed by atoms with Crippen molar-refractivity contribution < 1.29 is 19.8 Å². The van der Waals surface area contributed by atoms with Crippen LogP contribution in [0, 0.1) is 6.92 Å². The minimum atomic E-state index is -0.957. The number of piperidine rings is 1. The number of nitrogens with two attached hydrogens (primary N) is 1. The first-order valence-electron chi connectivity index (χ1n) is 8.12. The maximum absolute atomic E-state index is 13.1. The van der Waals surface area contributed by atoms with Crippen LogP contribution in [-0.2, 0) is 0 Å². The van der Waals surface area contributed by atoms with Gasteiger partial charge in [0.25, 0.3) is 5.91 Å². The first-order chi connectivity index (χ1) is 11.2. The van der Waals surface area contributed by atoms with Gasteiger partial charge in [0.05, 0.1) is 11.7 Å². The second-order valence-corrected chi connectivity index (χ2v) is 6.56. The first kappa shape index (κ1) is 17.9. The van der Waals surface area contributed by atoms with Gasteiger partial charge in [0.2, 0.25) is 0 Å². The second kappa shape index (κ2) is 6.98. The molecule has 1 aromatic rings. The number of aromatic hydroxyl groups is 1. The summed E-state index contributed by atoms with van der Waals surface area (Å²) in [5, 5.41) is 18.9. The predicted molar refractivity (Wildman–Crippen MR) is 91.2 cm³/mol. The molecule has 1 aromatic carbocycles. The maximum atomic E-state index is 13.1. The number of carbonyl (C=O) groups excluding carboxylic acids is 1. The second-order valence-electron chi connectivity index (χ2n) is 6.56. The van der Waals surface area contributed by atoms with Crippen LogP contribution < -0.4 is 5.73 Å². The van der Waals surface area contributed by atoms with Crippen molar-refractivity contribution in [3.05, 3.63) is 23.3 Å². The number of nitrogens with zero attached hydrogens (tertiary/aromatic N) is 2. The molecule has 7 heteroatoms. The van der Waals surface area contributed by atoms with Crippen molar-refractivity contribution >= 4 is 17.7 Å². The van der Waals surface area contributed by atoms with Gasteiger partial charge >= 0.3 is 6.09 Å². The smallest absolute Gasteiger partial charge is 0.407 e. The highest BCUT2D eigenvalue weighted by Gasteiger charge is 2.33. The molecule has 1 aliphatic rings. The Morgan fingerprint density at radius 1 is 1.38 bits per heavy atom. The molecule has 7 nitrogen and oxygen atoms in total. The Kier molecular flexibility index (Phi) is 5.21. The van der Waals surface area contributed by atoms with Crippen molar-refractivity contribution in [2.24, 2.45) is 0 Å². The fourth-order valence-corrected chi connectivity index (χ4v) is 3.26. The largest absolute Gasteiger partial charge is 0.506 e. The Morgan fingerprint density at radius 3 is 2.62 bits per heavy atom. The molecule has 0 aliphatic carbocycles. The van der Waals surface area contributed by atoms with Crippen LogP contribution in [0.25, 0.3) is 0 Å². The van der Waals surface area contributed by atoms with Gasteiger partial charge in [-0.3, -0.25) is 4.79 Å². The minimum Gasteiger partial charge on any atom is -0.506 e. The van der Waals surface area contributed by atoms with Gasteiger partial charge in [-0.25, -0.2) is 4.79 Å². The van der Waals surface area contributed by atoms with Crippen molar-refractivity contribution in [2.45, 2.75) is 45.7 Å². The number of carbonyl (C=O) groups is 2. The Hall–Kier alpha value is -2.44. The quantitative estimate of drug-likeness (QED) is 0.580. The van der Waals surface area contributed by atoms with E-state index in [2.05, 4.69) is 0 Å². The molecule has 0 spiro atoms. The summed E-state index contributed by atoms with van der Waals surface area (Å²) in [7, 11) is 0. The Bertz CT molecular complexity index is 645. The predicted octanol–water partition coefficient (Wildman–Crippen LogP) is 2.28. The van der Waals surface area contributed by atoms with Crippen LogP contribution in [0.4, 0.5) is 10.5 Å². The SMILES string of the molecule is Cc1cc(O)c(N)cc1C(=O)N(C(C)C)[C@@H]1CCCN(C(=O)O)C1. The number of carboxylic acid groups (broad SMARTS) is 1. The summed E-state index contributed by atoms with van der Waals surface area (Å²) in [6, 6.07) is 2.72. The van der Waals surface area contributed by atoms with Gasteiger partial charge in [0, 0.05) is 24.7 Å². The van der Waals surface area contributed by atoms with Crippen molar-refractivity contribution in [1.82, 2.24) is 9.80 Å². The Balaban J connectivity index is 2.32. The summed E-state index contributed by atoms with van der Waals surface area (Å²) in [4.78, 5) is 27.4. The number of nitrogen functional groups attached to an aromatic ring is 1. The average Bonchev–Trinajstić information content (AvgIpc) is 2.50. The van der Waals surface area contributed by atoms with Crippen LogP contribution in [0.15, 0.2) is 12.1 Å². The maximum Gasteiger partial charge on any atom is 0.407 e. The Morgan fingerprint density at radius 2 is 2.04 bits per heavy atom. The van der Waals surface area contributed by atoms with E-state index in [-0.39, 0.29) is 29.4 Å². The molecule has 0 aromatic heterocycles. The molecule has 0 bridgehead atoms. The van der Waals surface area contributed by atoms with Gasteiger partial charge in [-0.1, -0.05) is 0 Å². The van der Waals surface area contributed by atoms with Crippen LogP contribution in [0.5, 0.6) is 5.75 Å². The van der Waals surface area contributed by atoms with Crippen LogP contribution >= 0.6 is 0 Å². The lowest BCUT2D eigenvalue weighted by atomic mass is 9.99. The summed E-state index contributed by atoms with van der Waals surface area (Å²) in [5.41, 5.74) is 6.97. The molecule has 1 saturated heterocycles. The molecule has 1 atom stereocenters. The van der Waals surface area contributed by atoms with Gasteiger partial charge < -0.3 is 25.7 Å². The molecule has 1 heterocycles. The molecule has 2 amide bonds. The van der Waals surface area contributed by atoms with Crippen molar-refractivity contribution in [2.75, 3.05) is 18.8 Å². The number of hydrogen-bond acceptors (Lipinski definition) is 4. The monoisotopic (exact) mass is 335 g/mol. The zero-order valence-corrected chi connectivity index (χ0v) is 14.3. The molecule has 0 unspecified atom stereocenters. The minimum absolute atomic E-state index is 0.0464. The lowest BCUT2D eigenvalue weighted by Gasteiger charge is -2.40. The summed E-state index contributed by atoms with van der Waals surface area (Å²) >= 11 is 0. The summed E-state index contributed by atoms with van der Waals surface area (Å²) in [6.07, 6.45) is 0.533. The molecule has 2 rings (SSSR count). The molecule has 0 radical (unpaired) electrons. The van der Waals surface area contributed by atoms with E-state index in [0.717, 1.165) is 12.8 Å². The molecule has 1 aliphatic heterocycles.